The van der Waals surface area contributed by atoms with E-state index in [9.17, 15) is 4.79 Å². The van der Waals surface area contributed by atoms with Crippen LogP contribution in [0.1, 0.15) is 40.0 Å². The highest BCUT2D eigenvalue weighted by Gasteiger charge is 2.31. The molecule has 0 radical (unpaired) electrons. The highest BCUT2D eigenvalue weighted by atomic mass is 16.5. The van der Waals surface area contributed by atoms with Gasteiger partial charge >= 0.3 is 0 Å². The predicted octanol–water partition coefficient (Wildman–Crippen LogP) is 1.29. The molecule has 1 amide bonds. The van der Waals surface area contributed by atoms with Crippen molar-refractivity contribution in [1.29, 1.82) is 0 Å². The maximum atomic E-state index is 12.0. The van der Waals surface area contributed by atoms with Crippen molar-refractivity contribution in [3.05, 3.63) is 0 Å². The van der Waals surface area contributed by atoms with Crippen LogP contribution in [-0.4, -0.2) is 31.7 Å². The average Bonchev–Trinajstić information content (AvgIpc) is 2.70. The Morgan fingerprint density at radius 1 is 1.53 bits per heavy atom. The molecule has 100 valence electrons. The normalized spacial score (nSPS) is 24.9. The van der Waals surface area contributed by atoms with E-state index in [1.807, 2.05) is 6.92 Å². The third-order valence-electron chi connectivity index (χ3n) is 3.51. The predicted molar refractivity (Wildman–Crippen MR) is 68.6 cm³/mol. The molecule has 0 aromatic rings. The number of ether oxygens (including phenoxy) is 1. The van der Waals surface area contributed by atoms with Gasteiger partial charge in [0.05, 0.1) is 12.0 Å². The van der Waals surface area contributed by atoms with Crippen LogP contribution in [0.25, 0.3) is 0 Å². The fourth-order valence-corrected chi connectivity index (χ4v) is 2.20. The van der Waals surface area contributed by atoms with E-state index in [0.29, 0.717) is 13.2 Å². The van der Waals surface area contributed by atoms with Crippen molar-refractivity contribution in [2.75, 3.05) is 19.7 Å². The Kier molecular flexibility index (Phi) is 5.40. The standard InChI is InChI=1S/C13H26N2O2/c1-10-11(5-8-17-10)12(16)15-9-13(2,3)6-4-7-14/h10-11H,4-9,14H2,1-3H3,(H,15,16). The number of rotatable bonds is 6. The van der Waals surface area contributed by atoms with Gasteiger partial charge in [-0.1, -0.05) is 13.8 Å². The molecule has 0 bridgehead atoms. The van der Waals surface area contributed by atoms with E-state index in [1.54, 1.807) is 0 Å². The quantitative estimate of drug-likeness (QED) is 0.737. The molecule has 17 heavy (non-hydrogen) atoms. The fourth-order valence-electron chi connectivity index (χ4n) is 2.20. The van der Waals surface area contributed by atoms with Crippen LogP contribution in [-0.2, 0) is 9.53 Å². The van der Waals surface area contributed by atoms with Crippen molar-refractivity contribution in [3.63, 3.8) is 0 Å². The lowest BCUT2D eigenvalue weighted by atomic mass is 9.87. The number of amides is 1. The van der Waals surface area contributed by atoms with Gasteiger partial charge in [-0.3, -0.25) is 4.79 Å². The molecule has 4 nitrogen and oxygen atoms in total. The van der Waals surface area contributed by atoms with Crippen LogP contribution in [0.4, 0.5) is 0 Å². The first kappa shape index (κ1) is 14.5. The smallest absolute Gasteiger partial charge is 0.225 e. The van der Waals surface area contributed by atoms with Crippen molar-refractivity contribution in [1.82, 2.24) is 5.32 Å². The molecule has 2 unspecified atom stereocenters. The summed E-state index contributed by atoms with van der Waals surface area (Å²) in [5.74, 6) is 0.163. The highest BCUT2D eigenvalue weighted by molar-refractivity contribution is 5.79. The van der Waals surface area contributed by atoms with Gasteiger partial charge in [0.2, 0.25) is 5.91 Å². The Balaban J connectivity index is 2.31. The van der Waals surface area contributed by atoms with Gasteiger partial charge in [0.1, 0.15) is 0 Å². The van der Waals surface area contributed by atoms with Crippen LogP contribution in [0, 0.1) is 11.3 Å². The minimum Gasteiger partial charge on any atom is -0.378 e. The maximum Gasteiger partial charge on any atom is 0.225 e. The number of carbonyl (C=O) groups is 1. The molecule has 1 aliphatic heterocycles. The summed E-state index contributed by atoms with van der Waals surface area (Å²) in [6.07, 6.45) is 2.95. The summed E-state index contributed by atoms with van der Waals surface area (Å²) in [4.78, 5) is 12.0. The fraction of sp³-hybridized carbons (Fsp3) is 0.923. The first-order valence-electron chi connectivity index (χ1n) is 6.56. The summed E-state index contributed by atoms with van der Waals surface area (Å²) in [6, 6.07) is 0. The molecule has 4 heteroatoms. The zero-order valence-corrected chi connectivity index (χ0v) is 11.3. The Labute approximate surface area is 104 Å². The van der Waals surface area contributed by atoms with Gasteiger partial charge in [-0.2, -0.15) is 0 Å². The first-order valence-corrected chi connectivity index (χ1v) is 6.56. The number of hydrogen-bond donors (Lipinski definition) is 2. The lowest BCUT2D eigenvalue weighted by Crippen LogP contribution is -2.39. The van der Waals surface area contributed by atoms with Crippen molar-refractivity contribution in [2.24, 2.45) is 17.1 Å². The van der Waals surface area contributed by atoms with Gasteiger partial charge in [0.15, 0.2) is 0 Å². The number of hydrogen-bond acceptors (Lipinski definition) is 3. The third kappa shape index (κ3) is 4.64. The Hall–Kier alpha value is -0.610. The molecule has 1 fully saturated rings. The zero-order chi connectivity index (χ0) is 12.9. The van der Waals surface area contributed by atoms with E-state index in [4.69, 9.17) is 10.5 Å². The van der Waals surface area contributed by atoms with E-state index < -0.39 is 0 Å². The van der Waals surface area contributed by atoms with E-state index in [0.717, 1.165) is 25.8 Å². The van der Waals surface area contributed by atoms with E-state index in [2.05, 4.69) is 19.2 Å². The lowest BCUT2D eigenvalue weighted by molar-refractivity contribution is -0.126. The summed E-state index contributed by atoms with van der Waals surface area (Å²) < 4.78 is 5.41. The minimum atomic E-state index is 0.0281. The Bertz CT molecular complexity index is 254. The van der Waals surface area contributed by atoms with Gasteiger partial charge in [-0.05, 0) is 38.1 Å². The molecular formula is C13H26N2O2. The number of nitrogens with one attached hydrogen (secondary N) is 1. The van der Waals surface area contributed by atoms with Crippen LogP contribution in [0.15, 0.2) is 0 Å². The topological polar surface area (TPSA) is 64.3 Å². The van der Waals surface area contributed by atoms with Crippen LogP contribution >= 0.6 is 0 Å². The molecular weight excluding hydrogens is 216 g/mol. The maximum absolute atomic E-state index is 12.0. The molecule has 1 heterocycles. The molecule has 0 aromatic heterocycles. The average molecular weight is 242 g/mol. The van der Waals surface area contributed by atoms with Crippen LogP contribution in [0.3, 0.4) is 0 Å². The monoisotopic (exact) mass is 242 g/mol. The second-order valence-electron chi connectivity index (χ2n) is 5.75. The minimum absolute atomic E-state index is 0.0281. The van der Waals surface area contributed by atoms with Gasteiger partial charge in [0.25, 0.3) is 0 Å². The molecule has 0 aliphatic carbocycles. The Morgan fingerprint density at radius 3 is 2.76 bits per heavy atom. The summed E-state index contributed by atoms with van der Waals surface area (Å²) in [5.41, 5.74) is 5.63. The van der Waals surface area contributed by atoms with Crippen molar-refractivity contribution in [3.8, 4) is 0 Å². The van der Waals surface area contributed by atoms with Gasteiger partial charge in [0, 0.05) is 13.2 Å². The van der Waals surface area contributed by atoms with Crippen molar-refractivity contribution >= 4 is 5.91 Å². The van der Waals surface area contributed by atoms with Crippen LogP contribution in [0.5, 0.6) is 0 Å². The second kappa shape index (κ2) is 6.36. The molecule has 1 rings (SSSR count). The van der Waals surface area contributed by atoms with Gasteiger partial charge < -0.3 is 15.8 Å². The molecule has 2 atom stereocenters. The molecule has 0 saturated carbocycles. The third-order valence-corrected chi connectivity index (χ3v) is 3.51. The summed E-state index contributed by atoms with van der Waals surface area (Å²) in [6.45, 7) is 8.43. The van der Waals surface area contributed by atoms with Gasteiger partial charge in [-0.25, -0.2) is 0 Å². The molecule has 1 saturated heterocycles. The van der Waals surface area contributed by atoms with Crippen molar-refractivity contribution < 1.29 is 9.53 Å². The van der Waals surface area contributed by atoms with Crippen LogP contribution in [0.2, 0.25) is 0 Å². The zero-order valence-electron chi connectivity index (χ0n) is 11.3. The summed E-state index contributed by atoms with van der Waals surface area (Å²) >= 11 is 0. The van der Waals surface area contributed by atoms with E-state index in [-0.39, 0.29) is 23.3 Å². The summed E-state index contributed by atoms with van der Waals surface area (Å²) in [7, 11) is 0. The SMILES string of the molecule is CC1OCCC1C(=O)NCC(C)(C)CCCN. The summed E-state index contributed by atoms with van der Waals surface area (Å²) in [5, 5.41) is 3.04. The molecule has 0 aromatic carbocycles. The van der Waals surface area contributed by atoms with E-state index >= 15 is 0 Å². The molecule has 0 spiro atoms. The lowest BCUT2D eigenvalue weighted by Gasteiger charge is -2.26. The first-order chi connectivity index (χ1) is 7.96. The highest BCUT2D eigenvalue weighted by Crippen LogP contribution is 2.23. The second-order valence-corrected chi connectivity index (χ2v) is 5.75. The largest absolute Gasteiger partial charge is 0.378 e. The Morgan fingerprint density at radius 2 is 2.24 bits per heavy atom. The van der Waals surface area contributed by atoms with Crippen LogP contribution < -0.4 is 11.1 Å². The van der Waals surface area contributed by atoms with Gasteiger partial charge in [-0.15, -0.1) is 0 Å². The van der Waals surface area contributed by atoms with E-state index in [1.165, 1.54) is 0 Å². The molecule has 3 N–H and O–H groups in total. The van der Waals surface area contributed by atoms with Crippen molar-refractivity contribution in [2.45, 2.75) is 46.1 Å². The number of nitrogens with two attached hydrogens (primary N) is 1. The molecule has 1 aliphatic rings. The number of carbonyl (C=O) groups excluding carboxylic acids is 1.